The Morgan fingerprint density at radius 3 is 2.38 bits per heavy atom. The van der Waals surface area contributed by atoms with Gasteiger partial charge in [-0.3, -0.25) is 0 Å². The van der Waals surface area contributed by atoms with Crippen molar-refractivity contribution in [2.45, 2.75) is 6.54 Å². The molecule has 3 aromatic carbocycles. The van der Waals surface area contributed by atoms with Crippen molar-refractivity contribution in [1.29, 1.82) is 0 Å². The lowest BCUT2D eigenvalue weighted by atomic mass is 10.0. The van der Waals surface area contributed by atoms with Crippen molar-refractivity contribution in [1.82, 2.24) is 14.5 Å². The number of pyridine rings is 1. The molecular formula is C23H17N3. The lowest BCUT2D eigenvalue weighted by molar-refractivity contribution is 0.794. The first-order chi connectivity index (χ1) is 12.9. The Bertz CT molecular complexity index is 1150. The van der Waals surface area contributed by atoms with Crippen LogP contribution >= 0.6 is 0 Å². The van der Waals surface area contributed by atoms with Crippen LogP contribution in [-0.2, 0) is 6.54 Å². The second-order valence-electron chi connectivity index (χ2n) is 6.44. The molecule has 2 heterocycles. The first kappa shape index (κ1) is 14.8. The molecule has 2 aliphatic heterocycles. The molecule has 0 N–H and O–H groups in total. The maximum atomic E-state index is 4.72. The molecule has 0 bridgehead atoms. The van der Waals surface area contributed by atoms with Gasteiger partial charge in [0.15, 0.2) is 5.82 Å². The topological polar surface area (TPSA) is 30.7 Å². The largest absolute Gasteiger partial charge is 0.348 e. The summed E-state index contributed by atoms with van der Waals surface area (Å²) in [5.74, 6) is 0.781. The summed E-state index contributed by atoms with van der Waals surface area (Å²) in [4.78, 5) is 9.37. The van der Waals surface area contributed by atoms with Crippen molar-refractivity contribution in [3.63, 3.8) is 0 Å². The van der Waals surface area contributed by atoms with Gasteiger partial charge in [-0.2, -0.15) is 0 Å². The average molecular weight is 335 g/mol. The van der Waals surface area contributed by atoms with Gasteiger partial charge in [0.1, 0.15) is 5.69 Å². The molecule has 2 aliphatic rings. The van der Waals surface area contributed by atoms with Gasteiger partial charge in [0.2, 0.25) is 0 Å². The molecule has 3 heteroatoms. The lowest BCUT2D eigenvalue weighted by Crippen LogP contribution is -2.01. The van der Waals surface area contributed by atoms with Crippen molar-refractivity contribution in [3.8, 4) is 22.8 Å². The number of hydrogen-bond acceptors (Lipinski definition) is 2. The van der Waals surface area contributed by atoms with Crippen LogP contribution in [0.15, 0.2) is 91.3 Å². The second kappa shape index (κ2) is 6.12. The molecule has 3 nitrogen and oxygen atoms in total. The normalized spacial score (nSPS) is 11.2. The third-order valence-electron chi connectivity index (χ3n) is 4.69. The Kier molecular flexibility index (Phi) is 3.49. The van der Waals surface area contributed by atoms with E-state index in [0.717, 1.165) is 29.3 Å². The second-order valence-corrected chi connectivity index (χ2v) is 6.44. The van der Waals surface area contributed by atoms with Gasteiger partial charge in [0, 0.05) is 24.5 Å². The van der Waals surface area contributed by atoms with Crippen LogP contribution in [0.1, 0.15) is 5.56 Å². The zero-order valence-corrected chi connectivity index (χ0v) is 14.2. The van der Waals surface area contributed by atoms with Crippen molar-refractivity contribution in [3.05, 3.63) is 96.8 Å². The fourth-order valence-corrected chi connectivity index (χ4v) is 3.39. The highest BCUT2D eigenvalue weighted by atomic mass is 15.0. The molecule has 0 saturated heterocycles. The van der Waals surface area contributed by atoms with Gasteiger partial charge in [0.25, 0.3) is 0 Å². The minimum absolute atomic E-state index is 0.781. The van der Waals surface area contributed by atoms with Crippen molar-refractivity contribution in [2.24, 2.45) is 0 Å². The minimum Gasteiger partial charge on any atom is -0.348 e. The molecule has 0 spiro atoms. The SMILES string of the molecule is c1ccc(-c2nc3ccn(Cc4cccc5ccccc45)cc-3n2)cc1. The van der Waals surface area contributed by atoms with Gasteiger partial charge in [-0.15, -0.1) is 0 Å². The van der Waals surface area contributed by atoms with E-state index in [9.17, 15) is 0 Å². The Balaban J connectivity index is 1.53. The highest BCUT2D eigenvalue weighted by molar-refractivity contribution is 5.85. The first-order valence-electron chi connectivity index (χ1n) is 8.72. The number of nitrogens with zero attached hydrogens (tertiary/aromatic N) is 3. The standard InChI is InChI=1S/C23H17N3/c1-2-8-18(9-3-1)23-24-21-13-14-26(16-22(21)25-23)15-19-11-6-10-17-7-4-5-12-20(17)19/h1-14,16H,15H2. The number of rotatable bonds is 3. The number of aromatic nitrogens is 3. The maximum Gasteiger partial charge on any atom is 0.160 e. The van der Waals surface area contributed by atoms with Crippen LogP contribution < -0.4 is 0 Å². The number of fused-ring (bicyclic) bond motifs is 2. The quantitative estimate of drug-likeness (QED) is 0.451. The summed E-state index contributed by atoms with van der Waals surface area (Å²) >= 11 is 0. The zero-order chi connectivity index (χ0) is 17.3. The summed E-state index contributed by atoms with van der Waals surface area (Å²) in [5.41, 5.74) is 4.20. The first-order valence-corrected chi connectivity index (χ1v) is 8.72. The third-order valence-corrected chi connectivity index (χ3v) is 4.69. The third kappa shape index (κ3) is 2.64. The molecule has 0 fully saturated rings. The maximum absolute atomic E-state index is 4.72. The summed E-state index contributed by atoms with van der Waals surface area (Å²) < 4.78 is 2.17. The highest BCUT2D eigenvalue weighted by Crippen LogP contribution is 2.25. The van der Waals surface area contributed by atoms with Crippen LogP contribution in [0.3, 0.4) is 0 Å². The lowest BCUT2D eigenvalue weighted by Gasteiger charge is -2.10. The number of imidazole rings is 1. The van der Waals surface area contributed by atoms with Gasteiger partial charge in [0.05, 0.1) is 5.69 Å². The van der Waals surface area contributed by atoms with Gasteiger partial charge >= 0.3 is 0 Å². The molecule has 0 atom stereocenters. The molecule has 0 unspecified atom stereocenters. The molecule has 5 rings (SSSR count). The Labute approximate surface area is 151 Å². The molecule has 0 radical (unpaired) electrons. The summed E-state index contributed by atoms with van der Waals surface area (Å²) in [7, 11) is 0. The van der Waals surface area contributed by atoms with Crippen LogP contribution in [0.25, 0.3) is 33.5 Å². The zero-order valence-electron chi connectivity index (χ0n) is 14.2. The van der Waals surface area contributed by atoms with Crippen LogP contribution in [0.4, 0.5) is 0 Å². The van der Waals surface area contributed by atoms with Crippen molar-refractivity contribution < 1.29 is 0 Å². The Morgan fingerprint density at radius 2 is 1.46 bits per heavy atom. The monoisotopic (exact) mass is 335 g/mol. The summed E-state index contributed by atoms with van der Waals surface area (Å²) in [6.07, 6.45) is 4.16. The number of hydrogen-bond donors (Lipinski definition) is 0. The van der Waals surface area contributed by atoms with Gasteiger partial charge in [-0.25, -0.2) is 9.97 Å². The highest BCUT2D eigenvalue weighted by Gasteiger charge is 2.12. The van der Waals surface area contributed by atoms with E-state index in [4.69, 9.17) is 4.98 Å². The molecule has 0 aliphatic carbocycles. The Hall–Kier alpha value is -3.46. The van der Waals surface area contributed by atoms with E-state index in [1.807, 2.05) is 36.4 Å². The predicted octanol–water partition coefficient (Wildman–Crippen LogP) is 5.25. The van der Waals surface area contributed by atoms with Crippen LogP contribution in [-0.4, -0.2) is 14.5 Å². The molecule has 26 heavy (non-hydrogen) atoms. The van der Waals surface area contributed by atoms with Crippen LogP contribution in [0.5, 0.6) is 0 Å². The summed E-state index contributed by atoms with van der Waals surface area (Å²) in [6, 6.07) is 27.1. The van der Waals surface area contributed by atoms with E-state index in [2.05, 4.69) is 64.4 Å². The number of benzene rings is 3. The minimum atomic E-state index is 0.781. The molecular weight excluding hydrogens is 318 g/mol. The van der Waals surface area contributed by atoms with Crippen molar-refractivity contribution in [2.75, 3.05) is 0 Å². The van der Waals surface area contributed by atoms with E-state index >= 15 is 0 Å². The Morgan fingerprint density at radius 1 is 0.692 bits per heavy atom. The average Bonchev–Trinajstić information content (AvgIpc) is 3.12. The van der Waals surface area contributed by atoms with E-state index < -0.39 is 0 Å². The van der Waals surface area contributed by atoms with E-state index in [1.54, 1.807) is 0 Å². The van der Waals surface area contributed by atoms with Crippen LogP contribution in [0, 0.1) is 0 Å². The predicted molar refractivity (Wildman–Crippen MR) is 105 cm³/mol. The summed E-state index contributed by atoms with van der Waals surface area (Å²) in [6.45, 7) is 0.810. The van der Waals surface area contributed by atoms with Crippen LogP contribution in [0.2, 0.25) is 0 Å². The van der Waals surface area contributed by atoms with Gasteiger partial charge in [-0.05, 0) is 22.4 Å². The van der Waals surface area contributed by atoms with E-state index in [0.29, 0.717) is 0 Å². The van der Waals surface area contributed by atoms with Crippen molar-refractivity contribution >= 4 is 10.8 Å². The van der Waals surface area contributed by atoms with E-state index in [1.165, 1.54) is 16.3 Å². The molecule has 0 aromatic heterocycles. The smallest absolute Gasteiger partial charge is 0.160 e. The van der Waals surface area contributed by atoms with E-state index in [-0.39, 0.29) is 0 Å². The van der Waals surface area contributed by atoms with Gasteiger partial charge in [-0.1, -0.05) is 72.8 Å². The molecule has 0 saturated carbocycles. The fraction of sp³-hybridized carbons (Fsp3) is 0.0435. The molecule has 0 amide bonds. The van der Waals surface area contributed by atoms with Gasteiger partial charge < -0.3 is 4.57 Å². The molecule has 124 valence electrons. The fourth-order valence-electron chi connectivity index (χ4n) is 3.39. The summed E-state index contributed by atoms with van der Waals surface area (Å²) in [5, 5.41) is 2.56. The molecule has 3 aromatic rings.